The third-order valence-corrected chi connectivity index (χ3v) is 4.61. The van der Waals surface area contributed by atoms with Gasteiger partial charge < -0.3 is 15.5 Å². The van der Waals surface area contributed by atoms with Crippen molar-refractivity contribution in [1.29, 1.82) is 0 Å². The zero-order valence-corrected chi connectivity index (χ0v) is 16.3. The van der Waals surface area contributed by atoms with Gasteiger partial charge in [-0.3, -0.25) is 4.79 Å². The number of carbonyl (C=O) groups excluding carboxylic acids is 1. The van der Waals surface area contributed by atoms with Crippen molar-refractivity contribution >= 4 is 39.6 Å². The van der Waals surface area contributed by atoms with Gasteiger partial charge in [0.15, 0.2) is 5.82 Å². The van der Waals surface area contributed by atoms with Gasteiger partial charge in [0.05, 0.1) is 11.9 Å². The van der Waals surface area contributed by atoms with Gasteiger partial charge >= 0.3 is 0 Å². The Balaban J connectivity index is 1.48. The molecule has 0 radical (unpaired) electrons. The minimum atomic E-state index is -0.132. The summed E-state index contributed by atoms with van der Waals surface area (Å²) in [4.78, 5) is 14.7. The quantitative estimate of drug-likeness (QED) is 0.523. The first-order valence-electron chi connectivity index (χ1n) is 9.26. The lowest BCUT2D eigenvalue weighted by molar-refractivity contribution is 0.102. The SMILES string of the molecule is CN(C)c1cnnc(Nc2ccc(NC(=O)c3cccc4ccccc34)cc2)c1. The molecule has 0 spiro atoms. The third-order valence-electron chi connectivity index (χ3n) is 4.61. The number of anilines is 4. The van der Waals surface area contributed by atoms with Crippen molar-refractivity contribution in [2.75, 3.05) is 29.6 Å². The molecule has 6 nitrogen and oxygen atoms in total. The molecular formula is C23H21N5O. The molecule has 0 fully saturated rings. The van der Waals surface area contributed by atoms with Crippen LogP contribution in [-0.4, -0.2) is 30.2 Å². The van der Waals surface area contributed by atoms with Gasteiger partial charge in [-0.1, -0.05) is 36.4 Å². The highest BCUT2D eigenvalue weighted by atomic mass is 16.1. The molecule has 4 rings (SSSR count). The maximum Gasteiger partial charge on any atom is 0.256 e. The minimum Gasteiger partial charge on any atom is -0.376 e. The predicted molar refractivity (Wildman–Crippen MR) is 118 cm³/mol. The van der Waals surface area contributed by atoms with Crippen molar-refractivity contribution in [2.45, 2.75) is 0 Å². The van der Waals surface area contributed by atoms with Crippen LogP contribution in [0.2, 0.25) is 0 Å². The molecule has 6 heteroatoms. The Morgan fingerprint density at radius 3 is 2.41 bits per heavy atom. The summed E-state index contributed by atoms with van der Waals surface area (Å²) in [6.07, 6.45) is 1.71. The Kier molecular flexibility index (Phi) is 5.07. The molecule has 1 aromatic heterocycles. The summed E-state index contributed by atoms with van der Waals surface area (Å²) in [6.45, 7) is 0. The van der Waals surface area contributed by atoms with Gasteiger partial charge in [-0.15, -0.1) is 5.10 Å². The summed E-state index contributed by atoms with van der Waals surface area (Å²) >= 11 is 0. The van der Waals surface area contributed by atoms with E-state index in [1.165, 1.54) is 0 Å². The number of rotatable bonds is 5. The highest BCUT2D eigenvalue weighted by molar-refractivity contribution is 6.12. The monoisotopic (exact) mass is 383 g/mol. The van der Waals surface area contributed by atoms with E-state index in [1.54, 1.807) is 6.20 Å². The molecule has 0 aliphatic heterocycles. The molecule has 0 saturated carbocycles. The Labute approximate surface area is 169 Å². The fourth-order valence-corrected chi connectivity index (χ4v) is 3.07. The average Bonchev–Trinajstić information content (AvgIpc) is 2.75. The van der Waals surface area contributed by atoms with Crippen LogP contribution in [0.4, 0.5) is 22.9 Å². The Morgan fingerprint density at radius 2 is 1.62 bits per heavy atom. The minimum absolute atomic E-state index is 0.132. The van der Waals surface area contributed by atoms with Gasteiger partial charge in [0.2, 0.25) is 0 Å². The zero-order chi connectivity index (χ0) is 20.2. The number of nitrogens with one attached hydrogen (secondary N) is 2. The van der Waals surface area contributed by atoms with E-state index in [-0.39, 0.29) is 5.91 Å². The van der Waals surface area contributed by atoms with E-state index in [0.717, 1.165) is 27.8 Å². The zero-order valence-electron chi connectivity index (χ0n) is 16.3. The van der Waals surface area contributed by atoms with Gasteiger partial charge in [0.1, 0.15) is 0 Å². The van der Waals surface area contributed by atoms with Gasteiger partial charge in [0, 0.05) is 37.1 Å². The standard InChI is InChI=1S/C23H21N5O/c1-28(2)19-14-22(27-24-15-19)25-17-10-12-18(13-11-17)26-23(29)21-9-5-7-16-6-3-4-8-20(16)21/h3-15H,1-2H3,(H,25,27)(H,26,29). The largest absolute Gasteiger partial charge is 0.376 e. The maximum atomic E-state index is 12.8. The first kappa shape index (κ1) is 18.4. The first-order valence-corrected chi connectivity index (χ1v) is 9.26. The Bertz CT molecular complexity index is 1150. The molecule has 29 heavy (non-hydrogen) atoms. The number of nitrogens with zero attached hydrogens (tertiary/aromatic N) is 3. The van der Waals surface area contributed by atoms with E-state index in [1.807, 2.05) is 91.8 Å². The highest BCUT2D eigenvalue weighted by Gasteiger charge is 2.10. The average molecular weight is 383 g/mol. The van der Waals surface area contributed by atoms with Crippen molar-refractivity contribution < 1.29 is 4.79 Å². The van der Waals surface area contributed by atoms with Crippen LogP contribution >= 0.6 is 0 Å². The molecule has 4 aromatic rings. The molecule has 0 bridgehead atoms. The summed E-state index contributed by atoms with van der Waals surface area (Å²) in [7, 11) is 3.91. The van der Waals surface area contributed by atoms with E-state index in [2.05, 4.69) is 20.8 Å². The van der Waals surface area contributed by atoms with E-state index in [9.17, 15) is 4.79 Å². The lowest BCUT2D eigenvalue weighted by atomic mass is 10.0. The van der Waals surface area contributed by atoms with Crippen molar-refractivity contribution in [1.82, 2.24) is 10.2 Å². The molecule has 0 atom stereocenters. The molecule has 0 unspecified atom stereocenters. The van der Waals surface area contributed by atoms with Crippen LogP contribution in [0.15, 0.2) is 79.0 Å². The van der Waals surface area contributed by atoms with Crippen molar-refractivity contribution in [2.24, 2.45) is 0 Å². The lowest BCUT2D eigenvalue weighted by Crippen LogP contribution is -2.12. The second-order valence-electron chi connectivity index (χ2n) is 6.88. The summed E-state index contributed by atoms with van der Waals surface area (Å²) in [5, 5.41) is 16.3. The number of aromatic nitrogens is 2. The van der Waals surface area contributed by atoms with Crippen molar-refractivity contribution in [3.8, 4) is 0 Å². The van der Waals surface area contributed by atoms with E-state index in [4.69, 9.17) is 0 Å². The number of carbonyl (C=O) groups is 1. The number of amides is 1. The lowest BCUT2D eigenvalue weighted by Gasteiger charge is -2.13. The number of fused-ring (bicyclic) bond motifs is 1. The fourth-order valence-electron chi connectivity index (χ4n) is 3.07. The predicted octanol–water partition coefficient (Wildman–Crippen LogP) is 4.69. The second-order valence-corrected chi connectivity index (χ2v) is 6.88. The summed E-state index contributed by atoms with van der Waals surface area (Å²) in [5.74, 6) is 0.524. The normalized spacial score (nSPS) is 10.6. The molecule has 3 aromatic carbocycles. The second kappa shape index (κ2) is 7.98. The maximum absolute atomic E-state index is 12.8. The van der Waals surface area contributed by atoms with Crippen LogP contribution in [0.1, 0.15) is 10.4 Å². The number of hydrogen-bond donors (Lipinski definition) is 2. The van der Waals surface area contributed by atoms with E-state index < -0.39 is 0 Å². The molecule has 1 amide bonds. The van der Waals surface area contributed by atoms with Crippen LogP contribution in [0, 0.1) is 0 Å². The van der Waals surface area contributed by atoms with Crippen LogP contribution in [0.5, 0.6) is 0 Å². The summed E-state index contributed by atoms with van der Waals surface area (Å²) in [6, 6.07) is 23.0. The van der Waals surface area contributed by atoms with Crippen molar-refractivity contribution in [3.63, 3.8) is 0 Å². The van der Waals surface area contributed by atoms with Crippen molar-refractivity contribution in [3.05, 3.63) is 84.6 Å². The Morgan fingerprint density at radius 1 is 0.897 bits per heavy atom. The van der Waals surface area contributed by atoms with Crippen LogP contribution in [-0.2, 0) is 0 Å². The fraction of sp³-hybridized carbons (Fsp3) is 0.0870. The summed E-state index contributed by atoms with van der Waals surface area (Å²) in [5.41, 5.74) is 3.20. The molecule has 0 aliphatic rings. The first-order chi connectivity index (χ1) is 14.1. The van der Waals surface area contributed by atoms with Gasteiger partial charge in [-0.2, -0.15) is 5.10 Å². The highest BCUT2D eigenvalue weighted by Crippen LogP contribution is 2.22. The van der Waals surface area contributed by atoms with Gasteiger partial charge in [-0.25, -0.2) is 0 Å². The van der Waals surface area contributed by atoms with Gasteiger partial charge in [0.25, 0.3) is 5.91 Å². The molecule has 1 heterocycles. The smallest absolute Gasteiger partial charge is 0.256 e. The molecule has 144 valence electrons. The molecule has 0 aliphatic carbocycles. The van der Waals surface area contributed by atoms with Crippen LogP contribution in [0.25, 0.3) is 10.8 Å². The molecule has 2 N–H and O–H groups in total. The summed E-state index contributed by atoms with van der Waals surface area (Å²) < 4.78 is 0. The third kappa shape index (κ3) is 4.16. The van der Waals surface area contributed by atoms with E-state index in [0.29, 0.717) is 11.4 Å². The number of benzene rings is 3. The van der Waals surface area contributed by atoms with Crippen LogP contribution in [0.3, 0.4) is 0 Å². The van der Waals surface area contributed by atoms with Crippen LogP contribution < -0.4 is 15.5 Å². The Hall–Kier alpha value is -3.93. The molecular weight excluding hydrogens is 362 g/mol. The topological polar surface area (TPSA) is 70.2 Å². The van der Waals surface area contributed by atoms with Gasteiger partial charge in [-0.05, 0) is 41.1 Å². The molecule has 0 saturated heterocycles. The number of hydrogen-bond acceptors (Lipinski definition) is 5. The van der Waals surface area contributed by atoms with E-state index >= 15 is 0 Å².